The van der Waals surface area contributed by atoms with E-state index in [4.69, 9.17) is 9.15 Å². The van der Waals surface area contributed by atoms with E-state index in [1.54, 1.807) is 24.3 Å². The molecule has 0 saturated carbocycles. The van der Waals surface area contributed by atoms with Gasteiger partial charge >= 0.3 is 0 Å². The van der Waals surface area contributed by atoms with E-state index >= 15 is 0 Å². The maximum Gasteiger partial charge on any atom is 0.236 e. The number of piperidine rings is 1. The van der Waals surface area contributed by atoms with Gasteiger partial charge in [0.25, 0.3) is 0 Å². The first-order valence-electron chi connectivity index (χ1n) is 10.7. The number of ether oxygens (including phenoxy) is 1. The summed E-state index contributed by atoms with van der Waals surface area (Å²) in [5, 5.41) is -0.0261. The SMILES string of the molecule is CCOc1ccc(S(=O)(=O)c2nc(-c3ccc(C)cc3)oc2N2CCC(C)CC2)cc1. The summed E-state index contributed by atoms with van der Waals surface area (Å²) in [4.78, 5) is 6.66. The zero-order valence-electron chi connectivity index (χ0n) is 18.2. The molecule has 164 valence electrons. The van der Waals surface area contributed by atoms with Gasteiger partial charge in [-0.05, 0) is 69.0 Å². The van der Waals surface area contributed by atoms with Crippen LogP contribution in [-0.4, -0.2) is 33.1 Å². The van der Waals surface area contributed by atoms with Gasteiger partial charge in [-0.3, -0.25) is 0 Å². The molecule has 2 aromatic carbocycles. The third kappa shape index (κ3) is 4.46. The molecular weight excluding hydrogens is 412 g/mol. The minimum Gasteiger partial charge on any atom is -0.494 e. The third-order valence-electron chi connectivity index (χ3n) is 5.65. The zero-order chi connectivity index (χ0) is 22.0. The lowest BCUT2D eigenvalue weighted by Gasteiger charge is -2.30. The Kier molecular flexibility index (Phi) is 6.05. The molecule has 1 saturated heterocycles. The molecule has 4 rings (SSSR count). The molecule has 0 bridgehead atoms. The second-order valence-corrected chi connectivity index (χ2v) is 9.94. The number of aryl methyl sites for hydroxylation is 1. The Morgan fingerprint density at radius 1 is 1.06 bits per heavy atom. The minimum absolute atomic E-state index is 0.0261. The maximum atomic E-state index is 13.5. The molecule has 2 heterocycles. The Morgan fingerprint density at radius 3 is 2.32 bits per heavy atom. The van der Waals surface area contributed by atoms with Crippen molar-refractivity contribution in [3.8, 4) is 17.2 Å². The first-order valence-corrected chi connectivity index (χ1v) is 12.2. The van der Waals surface area contributed by atoms with Crippen LogP contribution in [-0.2, 0) is 9.84 Å². The molecule has 0 spiro atoms. The Balaban J connectivity index is 1.77. The lowest BCUT2D eigenvalue weighted by atomic mass is 9.99. The zero-order valence-corrected chi connectivity index (χ0v) is 19.0. The molecule has 0 N–H and O–H groups in total. The van der Waals surface area contributed by atoms with Crippen LogP contribution in [0.2, 0.25) is 0 Å². The fourth-order valence-electron chi connectivity index (χ4n) is 3.70. The average Bonchev–Trinajstić information content (AvgIpc) is 3.22. The monoisotopic (exact) mass is 440 g/mol. The molecule has 7 heteroatoms. The molecule has 1 aliphatic rings. The third-order valence-corrected chi connectivity index (χ3v) is 7.32. The van der Waals surface area contributed by atoms with E-state index in [1.807, 2.05) is 43.0 Å². The minimum atomic E-state index is -3.86. The van der Waals surface area contributed by atoms with Crippen molar-refractivity contribution in [2.45, 2.75) is 43.5 Å². The van der Waals surface area contributed by atoms with Crippen LogP contribution in [0.25, 0.3) is 11.5 Å². The molecule has 1 aliphatic heterocycles. The molecule has 3 aromatic rings. The summed E-state index contributed by atoms with van der Waals surface area (Å²) < 4.78 is 38.6. The number of rotatable bonds is 6. The van der Waals surface area contributed by atoms with Gasteiger partial charge in [-0.15, -0.1) is 0 Å². The standard InChI is InChI=1S/C24H28N2O4S/c1-4-29-20-9-11-21(12-10-20)31(27,28)23-24(26-15-13-18(3)14-16-26)30-22(25-23)19-7-5-17(2)6-8-19/h5-12,18H,4,13-16H2,1-3H3. The average molecular weight is 441 g/mol. The van der Waals surface area contributed by atoms with E-state index in [1.165, 1.54) is 0 Å². The van der Waals surface area contributed by atoms with Gasteiger partial charge in [0.2, 0.25) is 26.6 Å². The lowest BCUT2D eigenvalue weighted by Crippen LogP contribution is -2.33. The van der Waals surface area contributed by atoms with E-state index < -0.39 is 9.84 Å². The van der Waals surface area contributed by atoms with Crippen LogP contribution in [0.5, 0.6) is 5.75 Å². The first-order chi connectivity index (χ1) is 14.9. The molecule has 31 heavy (non-hydrogen) atoms. The highest BCUT2D eigenvalue weighted by Gasteiger charge is 2.32. The van der Waals surface area contributed by atoms with Crippen molar-refractivity contribution < 1.29 is 17.6 Å². The maximum absolute atomic E-state index is 13.5. The van der Waals surface area contributed by atoms with E-state index in [-0.39, 0.29) is 9.92 Å². The van der Waals surface area contributed by atoms with Crippen molar-refractivity contribution >= 4 is 15.7 Å². The number of nitrogens with zero attached hydrogens (tertiary/aromatic N) is 2. The summed E-state index contributed by atoms with van der Waals surface area (Å²) in [5.41, 5.74) is 1.87. The summed E-state index contributed by atoms with van der Waals surface area (Å²) in [7, 11) is -3.86. The van der Waals surface area contributed by atoms with Gasteiger partial charge in [0, 0.05) is 18.7 Å². The molecule has 0 amide bonds. The van der Waals surface area contributed by atoms with E-state index in [0.717, 1.165) is 37.1 Å². The molecule has 0 atom stereocenters. The van der Waals surface area contributed by atoms with Crippen molar-refractivity contribution in [2.75, 3.05) is 24.6 Å². The van der Waals surface area contributed by atoms with Crippen molar-refractivity contribution in [3.63, 3.8) is 0 Å². The van der Waals surface area contributed by atoms with Crippen molar-refractivity contribution in [2.24, 2.45) is 5.92 Å². The Bertz CT molecular complexity index is 1130. The van der Waals surface area contributed by atoms with Gasteiger partial charge in [-0.2, -0.15) is 4.98 Å². The number of benzene rings is 2. The van der Waals surface area contributed by atoms with Crippen molar-refractivity contribution in [1.29, 1.82) is 0 Å². The fourth-order valence-corrected chi connectivity index (χ4v) is 5.02. The van der Waals surface area contributed by atoms with Crippen molar-refractivity contribution in [1.82, 2.24) is 4.98 Å². The number of hydrogen-bond donors (Lipinski definition) is 0. The number of oxazole rings is 1. The first kappa shape index (κ1) is 21.4. The largest absolute Gasteiger partial charge is 0.494 e. The predicted molar refractivity (Wildman–Crippen MR) is 120 cm³/mol. The highest BCUT2D eigenvalue weighted by molar-refractivity contribution is 7.91. The fraction of sp³-hybridized carbons (Fsp3) is 0.375. The van der Waals surface area contributed by atoms with Gasteiger partial charge < -0.3 is 14.1 Å². The van der Waals surface area contributed by atoms with Gasteiger partial charge in [0.15, 0.2) is 0 Å². The van der Waals surface area contributed by atoms with Gasteiger partial charge in [0.1, 0.15) is 5.75 Å². The Hall–Kier alpha value is -2.80. The second-order valence-electron chi connectivity index (χ2n) is 8.07. The predicted octanol–water partition coefficient (Wildman–Crippen LogP) is 5.12. The van der Waals surface area contributed by atoms with Crippen LogP contribution >= 0.6 is 0 Å². The van der Waals surface area contributed by atoms with E-state index in [0.29, 0.717) is 30.0 Å². The van der Waals surface area contributed by atoms with Crippen LogP contribution in [0.1, 0.15) is 32.3 Å². The molecule has 0 aliphatic carbocycles. The molecule has 0 unspecified atom stereocenters. The number of anilines is 1. The highest BCUT2D eigenvalue weighted by Crippen LogP contribution is 2.36. The van der Waals surface area contributed by atoms with Crippen LogP contribution in [0.4, 0.5) is 5.88 Å². The number of aromatic nitrogens is 1. The van der Waals surface area contributed by atoms with Crippen LogP contribution in [0.3, 0.4) is 0 Å². The smallest absolute Gasteiger partial charge is 0.236 e. The van der Waals surface area contributed by atoms with Crippen LogP contribution < -0.4 is 9.64 Å². The van der Waals surface area contributed by atoms with Crippen LogP contribution in [0, 0.1) is 12.8 Å². The Labute approximate surface area is 183 Å². The molecule has 1 fully saturated rings. The topological polar surface area (TPSA) is 72.6 Å². The summed E-state index contributed by atoms with van der Waals surface area (Å²) in [5.74, 6) is 1.89. The molecule has 0 radical (unpaired) electrons. The number of hydrogen-bond acceptors (Lipinski definition) is 6. The number of sulfone groups is 1. The summed E-state index contributed by atoms with van der Waals surface area (Å²) >= 11 is 0. The Morgan fingerprint density at radius 2 is 1.71 bits per heavy atom. The summed E-state index contributed by atoms with van der Waals surface area (Å²) in [6.07, 6.45) is 1.98. The lowest BCUT2D eigenvalue weighted by molar-refractivity contribution is 0.340. The second kappa shape index (κ2) is 8.75. The summed E-state index contributed by atoms with van der Waals surface area (Å²) in [6, 6.07) is 14.2. The normalized spacial score (nSPS) is 15.3. The van der Waals surface area contributed by atoms with Crippen molar-refractivity contribution in [3.05, 3.63) is 54.1 Å². The van der Waals surface area contributed by atoms with Gasteiger partial charge in [0.05, 0.1) is 11.5 Å². The van der Waals surface area contributed by atoms with Gasteiger partial charge in [-0.25, -0.2) is 8.42 Å². The van der Waals surface area contributed by atoms with Gasteiger partial charge in [-0.1, -0.05) is 24.6 Å². The van der Waals surface area contributed by atoms with E-state index in [9.17, 15) is 8.42 Å². The molecule has 6 nitrogen and oxygen atoms in total. The van der Waals surface area contributed by atoms with Crippen LogP contribution in [0.15, 0.2) is 62.9 Å². The molecular formula is C24H28N2O4S. The summed E-state index contributed by atoms with van der Waals surface area (Å²) in [6.45, 7) is 8.12. The quantitative estimate of drug-likeness (QED) is 0.530. The molecule has 1 aromatic heterocycles. The van der Waals surface area contributed by atoms with E-state index in [2.05, 4.69) is 11.9 Å². The highest BCUT2D eigenvalue weighted by atomic mass is 32.2.